The van der Waals surface area contributed by atoms with Gasteiger partial charge in [-0.3, -0.25) is 19.7 Å². The number of nitrogens with zero attached hydrogens (tertiary/aromatic N) is 1. The quantitative estimate of drug-likeness (QED) is 0.653. The van der Waals surface area contributed by atoms with E-state index in [0.717, 1.165) is 12.1 Å². The van der Waals surface area contributed by atoms with Crippen LogP contribution in [0.1, 0.15) is 19.3 Å². The first kappa shape index (κ1) is 14.9. The number of nitro benzene ring substituents is 1. The number of halogens is 1. The highest BCUT2D eigenvalue weighted by Crippen LogP contribution is 2.32. The van der Waals surface area contributed by atoms with E-state index >= 15 is 0 Å². The van der Waals surface area contributed by atoms with Gasteiger partial charge in [-0.1, -0.05) is 0 Å². The lowest BCUT2D eigenvalue weighted by molar-refractivity contribution is -0.387. The second-order valence-corrected chi connectivity index (χ2v) is 4.96. The van der Waals surface area contributed by atoms with E-state index < -0.39 is 40.1 Å². The number of hydrogen-bond acceptors (Lipinski definition) is 4. The van der Waals surface area contributed by atoms with Crippen LogP contribution in [0.25, 0.3) is 0 Å². The van der Waals surface area contributed by atoms with Crippen molar-refractivity contribution < 1.29 is 24.0 Å². The molecule has 0 aliphatic heterocycles. The minimum absolute atomic E-state index is 0.117. The summed E-state index contributed by atoms with van der Waals surface area (Å²) < 4.78 is 13.2. The maximum atomic E-state index is 13.2. The molecular formula is C13H13FN2O5. The van der Waals surface area contributed by atoms with Crippen molar-refractivity contribution in [2.75, 3.05) is 5.32 Å². The number of amides is 1. The molecule has 1 amide bonds. The largest absolute Gasteiger partial charge is 0.481 e. The number of nitro groups is 1. The van der Waals surface area contributed by atoms with Gasteiger partial charge >= 0.3 is 11.7 Å². The third-order valence-electron chi connectivity index (χ3n) is 3.56. The molecule has 1 aliphatic rings. The van der Waals surface area contributed by atoms with Crippen molar-refractivity contribution in [2.45, 2.75) is 19.3 Å². The highest BCUT2D eigenvalue weighted by atomic mass is 19.1. The Labute approximate surface area is 118 Å². The molecule has 1 aromatic carbocycles. The first-order valence-electron chi connectivity index (χ1n) is 6.36. The fraction of sp³-hybridized carbons (Fsp3) is 0.385. The number of nitrogens with one attached hydrogen (secondary N) is 1. The summed E-state index contributed by atoms with van der Waals surface area (Å²) in [6.07, 6.45) is 1.12. The Kier molecular flexibility index (Phi) is 4.15. The zero-order valence-corrected chi connectivity index (χ0v) is 10.9. The fourth-order valence-corrected chi connectivity index (χ4v) is 2.42. The summed E-state index contributed by atoms with van der Waals surface area (Å²) >= 11 is 0. The van der Waals surface area contributed by atoms with Gasteiger partial charge in [0.05, 0.1) is 10.8 Å². The van der Waals surface area contributed by atoms with E-state index in [9.17, 15) is 24.1 Å². The summed E-state index contributed by atoms with van der Waals surface area (Å²) in [4.78, 5) is 32.6. The van der Waals surface area contributed by atoms with Gasteiger partial charge in [0.25, 0.3) is 0 Å². The minimum atomic E-state index is -0.982. The smallest absolute Gasteiger partial charge is 0.306 e. The number of carboxylic acids is 1. The van der Waals surface area contributed by atoms with Crippen molar-refractivity contribution in [3.8, 4) is 0 Å². The number of benzene rings is 1. The lowest BCUT2D eigenvalue weighted by Crippen LogP contribution is -2.21. The van der Waals surface area contributed by atoms with Gasteiger partial charge in [0.1, 0.15) is 0 Å². The molecule has 1 aliphatic carbocycles. The third-order valence-corrected chi connectivity index (χ3v) is 3.56. The molecule has 0 saturated heterocycles. The first-order chi connectivity index (χ1) is 9.88. The van der Waals surface area contributed by atoms with Gasteiger partial charge < -0.3 is 10.4 Å². The molecule has 8 heteroatoms. The monoisotopic (exact) mass is 296 g/mol. The second kappa shape index (κ2) is 5.86. The Balaban J connectivity index is 2.05. The Hall–Kier alpha value is -2.51. The molecule has 2 atom stereocenters. The van der Waals surface area contributed by atoms with Crippen molar-refractivity contribution in [1.29, 1.82) is 0 Å². The maximum absolute atomic E-state index is 13.2. The Morgan fingerprint density at radius 3 is 2.57 bits per heavy atom. The predicted molar refractivity (Wildman–Crippen MR) is 70.2 cm³/mol. The van der Waals surface area contributed by atoms with Gasteiger partial charge in [-0.25, -0.2) is 0 Å². The standard InChI is InChI=1S/C13H13FN2O5/c14-10-4-3-9(6-11(10)16(20)21)15-12(17)7-1-2-8(5-7)13(18)19/h3-4,6-8H,1-2,5H2,(H,15,17)(H,18,19)/t7-,8+/m1/s1. The molecule has 0 heterocycles. The second-order valence-electron chi connectivity index (χ2n) is 4.96. The highest BCUT2D eigenvalue weighted by Gasteiger charge is 2.34. The third kappa shape index (κ3) is 3.33. The van der Waals surface area contributed by atoms with Gasteiger partial charge in [0.15, 0.2) is 0 Å². The lowest BCUT2D eigenvalue weighted by Gasteiger charge is -2.10. The molecule has 1 fully saturated rings. The van der Waals surface area contributed by atoms with E-state index in [-0.39, 0.29) is 12.1 Å². The SMILES string of the molecule is O=C(O)[C@H]1CC[C@@H](C(=O)Nc2ccc(F)c([N+](=O)[O-])c2)C1. The lowest BCUT2D eigenvalue weighted by atomic mass is 10.0. The van der Waals surface area contributed by atoms with Crippen molar-refractivity contribution >= 4 is 23.3 Å². The molecule has 2 rings (SSSR count). The van der Waals surface area contributed by atoms with Crippen LogP contribution in [0.4, 0.5) is 15.8 Å². The van der Waals surface area contributed by atoms with E-state index in [0.29, 0.717) is 12.8 Å². The van der Waals surface area contributed by atoms with Crippen LogP contribution in [-0.2, 0) is 9.59 Å². The van der Waals surface area contributed by atoms with E-state index in [1.165, 1.54) is 6.07 Å². The molecule has 2 N–H and O–H groups in total. The summed E-state index contributed by atoms with van der Waals surface area (Å²) in [7, 11) is 0. The number of hydrogen-bond donors (Lipinski definition) is 2. The van der Waals surface area contributed by atoms with Crippen LogP contribution < -0.4 is 5.32 Å². The van der Waals surface area contributed by atoms with Crippen LogP contribution in [0.5, 0.6) is 0 Å². The summed E-state index contributed by atoms with van der Waals surface area (Å²) in [5.41, 5.74) is -0.602. The summed E-state index contributed by atoms with van der Waals surface area (Å²) in [5.74, 6) is -3.30. The fourth-order valence-electron chi connectivity index (χ4n) is 2.42. The van der Waals surface area contributed by atoms with E-state index in [1.807, 2.05) is 0 Å². The Bertz CT molecular complexity index is 604. The van der Waals surface area contributed by atoms with Gasteiger partial charge in [-0.2, -0.15) is 4.39 Å². The van der Waals surface area contributed by atoms with Crippen molar-refractivity contribution in [2.24, 2.45) is 11.8 Å². The average Bonchev–Trinajstić information content (AvgIpc) is 2.90. The molecule has 7 nitrogen and oxygen atoms in total. The first-order valence-corrected chi connectivity index (χ1v) is 6.36. The van der Waals surface area contributed by atoms with E-state index in [4.69, 9.17) is 5.11 Å². The molecule has 0 spiro atoms. The van der Waals surface area contributed by atoms with E-state index in [1.54, 1.807) is 0 Å². The average molecular weight is 296 g/mol. The molecule has 0 unspecified atom stereocenters. The van der Waals surface area contributed by atoms with Gasteiger partial charge in [-0.15, -0.1) is 0 Å². The highest BCUT2D eigenvalue weighted by molar-refractivity contribution is 5.93. The van der Waals surface area contributed by atoms with Crippen LogP contribution in [0.3, 0.4) is 0 Å². The molecule has 0 bridgehead atoms. The zero-order valence-electron chi connectivity index (χ0n) is 10.9. The predicted octanol–water partition coefficient (Wildman–Crippen LogP) is 2.17. The molecule has 21 heavy (non-hydrogen) atoms. The Morgan fingerprint density at radius 2 is 2.00 bits per heavy atom. The molecule has 0 radical (unpaired) electrons. The Morgan fingerprint density at radius 1 is 1.33 bits per heavy atom. The van der Waals surface area contributed by atoms with Crippen LogP contribution in [-0.4, -0.2) is 21.9 Å². The number of carboxylic acid groups (broad SMARTS) is 1. The van der Waals surface area contributed by atoms with Gasteiger partial charge in [0, 0.05) is 17.7 Å². The summed E-state index contributed by atoms with van der Waals surface area (Å²) in [5, 5.41) is 22.0. The molecule has 1 saturated carbocycles. The van der Waals surface area contributed by atoms with Crippen LogP contribution >= 0.6 is 0 Å². The van der Waals surface area contributed by atoms with Crippen molar-refractivity contribution in [3.05, 3.63) is 34.1 Å². The molecule has 112 valence electrons. The number of carbonyl (C=O) groups is 2. The number of anilines is 1. The van der Waals surface area contributed by atoms with Crippen molar-refractivity contribution in [1.82, 2.24) is 0 Å². The van der Waals surface area contributed by atoms with Crippen LogP contribution in [0.15, 0.2) is 18.2 Å². The molecule has 0 aromatic heterocycles. The number of rotatable bonds is 4. The van der Waals surface area contributed by atoms with Crippen LogP contribution in [0.2, 0.25) is 0 Å². The van der Waals surface area contributed by atoms with Gasteiger partial charge in [-0.05, 0) is 31.4 Å². The van der Waals surface area contributed by atoms with Gasteiger partial charge in [0.2, 0.25) is 11.7 Å². The molecular weight excluding hydrogens is 283 g/mol. The number of carbonyl (C=O) groups excluding carboxylic acids is 1. The van der Waals surface area contributed by atoms with Crippen molar-refractivity contribution in [3.63, 3.8) is 0 Å². The summed E-state index contributed by atoms with van der Waals surface area (Å²) in [6, 6.07) is 3.07. The molecule has 1 aromatic rings. The minimum Gasteiger partial charge on any atom is -0.481 e. The summed E-state index contributed by atoms with van der Waals surface area (Å²) in [6.45, 7) is 0. The van der Waals surface area contributed by atoms with E-state index in [2.05, 4.69) is 5.32 Å². The maximum Gasteiger partial charge on any atom is 0.306 e. The van der Waals surface area contributed by atoms with Crippen LogP contribution in [0, 0.1) is 27.8 Å². The number of aliphatic carboxylic acids is 1. The zero-order chi connectivity index (χ0) is 15.6. The normalized spacial score (nSPS) is 21.0. The topological polar surface area (TPSA) is 110 Å².